The first-order valence-corrected chi connectivity index (χ1v) is 7.62. The van der Waals surface area contributed by atoms with E-state index in [1.54, 1.807) is 19.9 Å². The number of para-hydroxylation sites is 1. The van der Waals surface area contributed by atoms with Gasteiger partial charge < -0.3 is 0 Å². The van der Waals surface area contributed by atoms with Gasteiger partial charge in [0.05, 0.1) is 22.2 Å². The smallest absolute Gasteiger partial charge is 0.262 e. The van der Waals surface area contributed by atoms with E-state index in [2.05, 4.69) is 4.72 Å². The summed E-state index contributed by atoms with van der Waals surface area (Å²) in [6.07, 6.45) is 0. The lowest BCUT2D eigenvalue weighted by atomic mass is 10.2. The van der Waals surface area contributed by atoms with Gasteiger partial charge >= 0.3 is 0 Å². The number of anilines is 1. The van der Waals surface area contributed by atoms with Gasteiger partial charge in [-0.1, -0.05) is 12.1 Å². The summed E-state index contributed by atoms with van der Waals surface area (Å²) in [5.74, 6) is -0.634. The maximum absolute atomic E-state index is 13.7. The van der Waals surface area contributed by atoms with Gasteiger partial charge in [-0.3, -0.25) is 4.72 Å². The fourth-order valence-electron chi connectivity index (χ4n) is 1.97. The van der Waals surface area contributed by atoms with Crippen molar-refractivity contribution < 1.29 is 12.8 Å². The van der Waals surface area contributed by atoms with Crippen molar-refractivity contribution in [3.63, 3.8) is 0 Å². The van der Waals surface area contributed by atoms with Crippen LogP contribution in [0.15, 0.2) is 41.3 Å². The molecule has 4 nitrogen and oxygen atoms in total. The number of nitriles is 1. The summed E-state index contributed by atoms with van der Waals surface area (Å²) >= 11 is 0. The van der Waals surface area contributed by atoms with Crippen LogP contribution in [0.5, 0.6) is 0 Å². The van der Waals surface area contributed by atoms with Gasteiger partial charge in [-0.25, -0.2) is 12.8 Å². The summed E-state index contributed by atoms with van der Waals surface area (Å²) < 4.78 is 40.7. The van der Waals surface area contributed by atoms with E-state index < -0.39 is 15.8 Å². The molecule has 6 heteroatoms. The Hall–Kier alpha value is -2.39. The monoisotopic (exact) mass is 304 g/mol. The average Bonchev–Trinajstić information content (AvgIpc) is 2.42. The average molecular weight is 304 g/mol. The minimum Gasteiger partial charge on any atom is -0.276 e. The fourth-order valence-corrected chi connectivity index (χ4v) is 3.34. The predicted molar refractivity (Wildman–Crippen MR) is 77.8 cm³/mol. The molecule has 2 aromatic carbocycles. The maximum atomic E-state index is 13.7. The number of benzene rings is 2. The van der Waals surface area contributed by atoms with E-state index in [0.717, 1.165) is 0 Å². The van der Waals surface area contributed by atoms with E-state index in [0.29, 0.717) is 16.7 Å². The minimum absolute atomic E-state index is 0.0177. The quantitative estimate of drug-likeness (QED) is 0.947. The summed E-state index contributed by atoms with van der Waals surface area (Å²) in [7, 11) is -3.91. The summed E-state index contributed by atoms with van der Waals surface area (Å²) in [6, 6.07) is 10.5. The first kappa shape index (κ1) is 15.0. The number of rotatable bonds is 3. The lowest BCUT2D eigenvalue weighted by molar-refractivity contribution is 0.597. The van der Waals surface area contributed by atoms with E-state index >= 15 is 0 Å². The first-order valence-electron chi connectivity index (χ1n) is 6.14. The second-order valence-corrected chi connectivity index (χ2v) is 6.28. The molecule has 2 aromatic rings. The number of aryl methyl sites for hydroxylation is 2. The summed E-state index contributed by atoms with van der Waals surface area (Å²) in [5, 5.41) is 8.80. The molecule has 0 aliphatic carbocycles. The Kier molecular flexibility index (Phi) is 3.96. The highest BCUT2D eigenvalue weighted by Gasteiger charge is 2.19. The maximum Gasteiger partial charge on any atom is 0.262 e. The van der Waals surface area contributed by atoms with Crippen LogP contribution in [-0.4, -0.2) is 8.42 Å². The number of nitrogens with zero attached hydrogens (tertiary/aromatic N) is 1. The van der Waals surface area contributed by atoms with Crippen molar-refractivity contribution in [2.75, 3.05) is 4.72 Å². The summed E-state index contributed by atoms with van der Waals surface area (Å²) in [6.45, 7) is 3.20. The normalized spacial score (nSPS) is 11.0. The molecule has 0 aromatic heterocycles. The van der Waals surface area contributed by atoms with Gasteiger partial charge in [0.25, 0.3) is 10.0 Å². The summed E-state index contributed by atoms with van der Waals surface area (Å²) in [5.41, 5.74) is 1.22. The number of sulfonamides is 1. The van der Waals surface area contributed by atoms with Gasteiger partial charge in [-0.2, -0.15) is 5.26 Å². The SMILES string of the molecule is Cc1cc(C#N)ccc1S(=O)(=O)Nc1c(C)cccc1F. The molecule has 0 saturated carbocycles. The second kappa shape index (κ2) is 5.54. The molecule has 0 unspecified atom stereocenters. The van der Waals surface area contributed by atoms with Crippen LogP contribution in [0.25, 0.3) is 0 Å². The van der Waals surface area contributed by atoms with Crippen LogP contribution in [0.1, 0.15) is 16.7 Å². The highest BCUT2D eigenvalue weighted by Crippen LogP contribution is 2.24. The zero-order valence-electron chi connectivity index (χ0n) is 11.5. The van der Waals surface area contributed by atoms with E-state index in [1.807, 2.05) is 6.07 Å². The second-order valence-electron chi connectivity index (χ2n) is 4.63. The van der Waals surface area contributed by atoms with E-state index in [-0.39, 0.29) is 10.6 Å². The first-order chi connectivity index (χ1) is 9.85. The van der Waals surface area contributed by atoms with Crippen LogP contribution in [0.4, 0.5) is 10.1 Å². The molecule has 0 radical (unpaired) electrons. The zero-order valence-corrected chi connectivity index (χ0v) is 12.3. The Morgan fingerprint density at radius 3 is 2.43 bits per heavy atom. The third-order valence-corrected chi connectivity index (χ3v) is 4.56. The van der Waals surface area contributed by atoms with Crippen molar-refractivity contribution in [2.45, 2.75) is 18.7 Å². The Morgan fingerprint density at radius 1 is 1.14 bits per heavy atom. The highest BCUT2D eigenvalue weighted by molar-refractivity contribution is 7.92. The molecule has 0 saturated heterocycles. The molecule has 0 amide bonds. The molecular formula is C15H13FN2O2S. The van der Waals surface area contributed by atoms with Gasteiger partial charge in [-0.05, 0) is 49.2 Å². The topological polar surface area (TPSA) is 70.0 Å². The Morgan fingerprint density at radius 2 is 1.86 bits per heavy atom. The zero-order chi connectivity index (χ0) is 15.6. The van der Waals surface area contributed by atoms with Crippen molar-refractivity contribution in [1.82, 2.24) is 0 Å². The number of hydrogen-bond acceptors (Lipinski definition) is 3. The molecule has 0 spiro atoms. The van der Waals surface area contributed by atoms with E-state index in [1.165, 1.54) is 30.3 Å². The van der Waals surface area contributed by atoms with Gasteiger partial charge in [0.2, 0.25) is 0 Å². The van der Waals surface area contributed by atoms with Crippen LogP contribution in [0.3, 0.4) is 0 Å². The third kappa shape index (κ3) is 3.03. The highest BCUT2D eigenvalue weighted by atomic mass is 32.2. The molecule has 0 bridgehead atoms. The van der Waals surface area contributed by atoms with E-state index in [9.17, 15) is 12.8 Å². The molecule has 1 N–H and O–H groups in total. The van der Waals surface area contributed by atoms with Crippen molar-refractivity contribution in [3.8, 4) is 6.07 Å². The van der Waals surface area contributed by atoms with Gasteiger partial charge in [0.15, 0.2) is 0 Å². The molecular weight excluding hydrogens is 291 g/mol. The minimum atomic E-state index is -3.91. The predicted octanol–water partition coefficient (Wildman–Crippen LogP) is 3.12. The molecule has 0 aliphatic heterocycles. The summed E-state index contributed by atoms with van der Waals surface area (Å²) in [4.78, 5) is 0.0177. The molecule has 0 fully saturated rings. The van der Waals surface area contributed by atoms with Crippen LogP contribution in [-0.2, 0) is 10.0 Å². The van der Waals surface area contributed by atoms with Crippen molar-refractivity contribution in [1.29, 1.82) is 5.26 Å². The lowest BCUT2D eigenvalue weighted by Crippen LogP contribution is -2.16. The van der Waals surface area contributed by atoms with E-state index in [4.69, 9.17) is 5.26 Å². The Balaban J connectivity index is 2.47. The Bertz CT molecular complexity index is 819. The van der Waals surface area contributed by atoms with Crippen molar-refractivity contribution >= 4 is 15.7 Å². The largest absolute Gasteiger partial charge is 0.276 e. The van der Waals surface area contributed by atoms with Crippen LogP contribution in [0, 0.1) is 31.0 Å². The number of hydrogen-bond donors (Lipinski definition) is 1. The lowest BCUT2D eigenvalue weighted by Gasteiger charge is -2.13. The molecule has 108 valence electrons. The third-order valence-electron chi connectivity index (χ3n) is 3.05. The molecule has 2 rings (SSSR count). The van der Waals surface area contributed by atoms with Crippen molar-refractivity contribution in [2.24, 2.45) is 0 Å². The molecule has 21 heavy (non-hydrogen) atoms. The fraction of sp³-hybridized carbons (Fsp3) is 0.133. The van der Waals surface area contributed by atoms with Crippen LogP contribution >= 0.6 is 0 Å². The van der Waals surface area contributed by atoms with Crippen LogP contribution < -0.4 is 4.72 Å². The number of nitrogens with one attached hydrogen (secondary N) is 1. The Labute approximate surface area is 122 Å². The van der Waals surface area contributed by atoms with Gasteiger partial charge in [0, 0.05) is 0 Å². The standard InChI is InChI=1S/C15H13FN2O2S/c1-10-4-3-5-13(16)15(10)18-21(19,20)14-7-6-12(9-17)8-11(14)2/h3-8,18H,1-2H3. The van der Waals surface area contributed by atoms with Crippen molar-refractivity contribution in [3.05, 3.63) is 58.9 Å². The van der Waals surface area contributed by atoms with Crippen LogP contribution in [0.2, 0.25) is 0 Å². The molecule has 0 aliphatic rings. The van der Waals surface area contributed by atoms with Gasteiger partial charge in [-0.15, -0.1) is 0 Å². The number of halogens is 1. The van der Waals surface area contributed by atoms with Gasteiger partial charge in [0.1, 0.15) is 5.82 Å². The molecule has 0 heterocycles. The molecule has 0 atom stereocenters.